The number of rotatable bonds is 0. The molecule has 0 aliphatic heterocycles. The van der Waals surface area contributed by atoms with Gasteiger partial charge in [0.25, 0.3) is 0 Å². The molecule has 1 radical (unpaired) electrons. The molecule has 0 aliphatic rings. The number of hydrogen-bond acceptors (Lipinski definition) is 3. The molecule has 7 heavy (non-hydrogen) atoms. The molecule has 0 N–H and O–H groups in total. The Balaban J connectivity index is 0.000000360. The molecule has 0 amide bonds. The van der Waals surface area contributed by atoms with Crippen LogP contribution in [0.3, 0.4) is 0 Å². The summed E-state index contributed by atoms with van der Waals surface area (Å²) in [6.45, 7) is 1.93. The van der Waals surface area contributed by atoms with Crippen molar-refractivity contribution in [3.05, 3.63) is 10.5 Å². The molecule has 0 aliphatic carbocycles. The second-order valence-corrected chi connectivity index (χ2v) is 2.00. The topological polar surface area (TPSA) is 25.8 Å². The van der Waals surface area contributed by atoms with Crippen molar-refractivity contribution >= 4 is 62.7 Å². The van der Waals surface area contributed by atoms with Gasteiger partial charge in [-0.1, -0.05) is 0 Å². The van der Waals surface area contributed by atoms with Crippen LogP contribution in [0.2, 0.25) is 0 Å². The van der Waals surface area contributed by atoms with Gasteiger partial charge in [0.1, 0.15) is 10.5 Å². The Hall–Kier alpha value is 1.20. The Morgan fingerprint density at radius 1 is 1.71 bits per heavy atom. The van der Waals surface area contributed by atoms with Crippen molar-refractivity contribution in [1.29, 1.82) is 0 Å². The maximum absolute atomic E-state index is 3.69. The van der Waals surface area contributed by atoms with Crippen LogP contribution in [0.15, 0.2) is 5.51 Å². The van der Waals surface area contributed by atoms with Crippen LogP contribution >= 0.6 is 11.3 Å². The minimum atomic E-state index is 0. The summed E-state index contributed by atoms with van der Waals surface area (Å²) in [5, 5.41) is 8.30. The van der Waals surface area contributed by atoms with Crippen molar-refractivity contribution in [2.24, 2.45) is 0 Å². The van der Waals surface area contributed by atoms with E-state index in [4.69, 9.17) is 0 Å². The molecule has 2 nitrogen and oxygen atoms in total. The number of nitrogens with zero attached hydrogens (tertiary/aromatic N) is 2. The Labute approximate surface area is 88.8 Å². The Bertz CT molecular complexity index is 116. The molecule has 1 heterocycles. The van der Waals surface area contributed by atoms with Gasteiger partial charge >= 0.3 is 0 Å². The van der Waals surface area contributed by atoms with Gasteiger partial charge in [0.15, 0.2) is 0 Å². The molecule has 0 unspecified atom stereocenters. The zero-order valence-corrected chi connectivity index (χ0v) is 8.32. The third-order valence-electron chi connectivity index (χ3n) is 0.469. The van der Waals surface area contributed by atoms with E-state index in [1.807, 2.05) is 6.92 Å². The summed E-state index contributed by atoms with van der Waals surface area (Å²) >= 11 is 1.56. The molecule has 1 rings (SSSR count). The van der Waals surface area contributed by atoms with Crippen molar-refractivity contribution in [2.75, 3.05) is 0 Å². The summed E-state index contributed by atoms with van der Waals surface area (Å²) in [5.41, 5.74) is 1.72. The summed E-state index contributed by atoms with van der Waals surface area (Å²) in [7, 11) is 0. The van der Waals surface area contributed by atoms with Crippen LogP contribution in [0.25, 0.3) is 0 Å². The number of aryl methyl sites for hydroxylation is 1. The van der Waals surface area contributed by atoms with Crippen molar-refractivity contribution in [2.45, 2.75) is 6.92 Å². The predicted octanol–water partition coefficient (Wildman–Crippen LogP) is 0.466. The fourth-order valence-electron chi connectivity index (χ4n) is 0.228. The third kappa shape index (κ3) is 2.89. The minimum absolute atomic E-state index is 0. The van der Waals surface area contributed by atoms with Gasteiger partial charge < -0.3 is 0 Å². The van der Waals surface area contributed by atoms with Gasteiger partial charge in [-0.3, -0.25) is 0 Å². The molecule has 0 saturated carbocycles. The monoisotopic (exact) mass is 139 g/mol. The van der Waals surface area contributed by atoms with Gasteiger partial charge in [-0.05, 0) is 6.92 Å². The van der Waals surface area contributed by atoms with E-state index in [2.05, 4.69) is 10.2 Å². The Kier molecular flexibility index (Phi) is 4.82. The van der Waals surface area contributed by atoms with Crippen LogP contribution in [0.4, 0.5) is 0 Å². The van der Waals surface area contributed by atoms with E-state index in [9.17, 15) is 0 Å². The third-order valence-corrected chi connectivity index (χ3v) is 1.09. The smallest absolute Gasteiger partial charge is 0.114 e. The molecule has 0 spiro atoms. The van der Waals surface area contributed by atoms with Crippen LogP contribution < -0.4 is 0 Å². The fraction of sp³-hybridized carbons (Fsp3) is 0.333. The molecule has 0 atom stereocenters. The second-order valence-electron chi connectivity index (χ2n) is 0.958. The van der Waals surface area contributed by atoms with E-state index >= 15 is 0 Å². The quantitative estimate of drug-likeness (QED) is 0.488. The maximum Gasteiger partial charge on any atom is 0.114 e. The van der Waals surface area contributed by atoms with E-state index in [0.717, 1.165) is 5.01 Å². The van der Waals surface area contributed by atoms with Gasteiger partial charge in [-0.25, -0.2) is 0 Å². The fourth-order valence-corrected chi connectivity index (χ4v) is 0.569. The van der Waals surface area contributed by atoms with Crippen molar-refractivity contribution < 1.29 is 0 Å². The Morgan fingerprint density at radius 2 is 2.43 bits per heavy atom. The SMILES string of the molecule is Cc1nncs1.[K]. The van der Waals surface area contributed by atoms with Gasteiger partial charge in [0.2, 0.25) is 0 Å². The van der Waals surface area contributed by atoms with Crippen LogP contribution in [-0.4, -0.2) is 61.6 Å². The molecular formula is C3H4KN2S. The second kappa shape index (κ2) is 4.11. The molecule has 33 valence electrons. The maximum atomic E-state index is 3.69. The molecule has 1 aromatic heterocycles. The van der Waals surface area contributed by atoms with E-state index in [0.29, 0.717) is 0 Å². The van der Waals surface area contributed by atoms with Gasteiger partial charge in [0.05, 0.1) is 0 Å². The van der Waals surface area contributed by atoms with Crippen molar-refractivity contribution in [3.8, 4) is 0 Å². The van der Waals surface area contributed by atoms with Crippen LogP contribution in [-0.2, 0) is 0 Å². The van der Waals surface area contributed by atoms with Crippen LogP contribution in [0.1, 0.15) is 5.01 Å². The van der Waals surface area contributed by atoms with Gasteiger partial charge in [0, 0.05) is 51.4 Å². The summed E-state index contributed by atoms with van der Waals surface area (Å²) in [6, 6.07) is 0. The predicted molar refractivity (Wildman–Crippen MR) is 30.4 cm³/mol. The summed E-state index contributed by atoms with van der Waals surface area (Å²) < 4.78 is 0. The van der Waals surface area contributed by atoms with Crippen LogP contribution in [0, 0.1) is 6.92 Å². The molecule has 1 aromatic rings. The largest absolute Gasteiger partial charge is 0.147 e. The molecule has 4 heteroatoms. The normalized spacial score (nSPS) is 7.57. The van der Waals surface area contributed by atoms with E-state index in [-0.39, 0.29) is 51.4 Å². The first-order valence-electron chi connectivity index (χ1n) is 1.62. The summed E-state index contributed by atoms with van der Waals surface area (Å²) in [6.07, 6.45) is 0. The number of aromatic nitrogens is 2. The van der Waals surface area contributed by atoms with E-state index in [1.165, 1.54) is 0 Å². The zero-order chi connectivity index (χ0) is 4.41. The average Bonchev–Trinajstić information content (AvgIpc) is 1.86. The molecule has 0 fully saturated rings. The first-order chi connectivity index (χ1) is 2.89. The van der Waals surface area contributed by atoms with E-state index < -0.39 is 0 Å². The first kappa shape index (κ1) is 8.20. The van der Waals surface area contributed by atoms with Gasteiger partial charge in [-0.15, -0.1) is 21.5 Å². The van der Waals surface area contributed by atoms with Gasteiger partial charge in [-0.2, -0.15) is 0 Å². The zero-order valence-electron chi connectivity index (χ0n) is 4.38. The average molecular weight is 139 g/mol. The summed E-state index contributed by atoms with van der Waals surface area (Å²) in [5.74, 6) is 0. The molecule has 0 aromatic carbocycles. The molecular weight excluding hydrogens is 135 g/mol. The summed E-state index contributed by atoms with van der Waals surface area (Å²) in [4.78, 5) is 0. The first-order valence-corrected chi connectivity index (χ1v) is 2.50. The van der Waals surface area contributed by atoms with Crippen LogP contribution in [0.5, 0.6) is 0 Å². The van der Waals surface area contributed by atoms with Crippen molar-refractivity contribution in [1.82, 2.24) is 10.2 Å². The molecule has 0 saturated heterocycles. The number of hydrogen-bond donors (Lipinski definition) is 0. The van der Waals surface area contributed by atoms with E-state index in [1.54, 1.807) is 16.8 Å². The standard InChI is InChI=1S/C3H4N2S.K/c1-3-5-4-2-6-3;/h2H,1H3;. The van der Waals surface area contributed by atoms with Crippen molar-refractivity contribution in [3.63, 3.8) is 0 Å². The molecule has 0 bridgehead atoms. The Morgan fingerprint density at radius 3 is 2.57 bits per heavy atom. The minimum Gasteiger partial charge on any atom is -0.147 e.